The fourth-order valence-corrected chi connectivity index (χ4v) is 5.39. The molecule has 202 valence electrons. The SMILES string of the molecule is CCCCN(Cc1ccccc1)C(NC(=O)c1cccc(Cc2n[nH]c(=O)c3c2CCCC3)c1)c1ccoc1. The van der Waals surface area contributed by atoms with E-state index in [1.165, 1.54) is 5.56 Å². The molecule has 2 heterocycles. The van der Waals surface area contributed by atoms with Crippen molar-refractivity contribution in [2.75, 3.05) is 6.54 Å². The highest BCUT2D eigenvalue weighted by atomic mass is 16.3. The molecule has 0 saturated carbocycles. The number of unbranched alkanes of at least 4 members (excludes halogenated alkanes) is 1. The number of furan rings is 1. The van der Waals surface area contributed by atoms with E-state index in [-0.39, 0.29) is 17.6 Å². The topological polar surface area (TPSA) is 91.2 Å². The molecule has 1 unspecified atom stereocenters. The van der Waals surface area contributed by atoms with Gasteiger partial charge in [0.25, 0.3) is 11.5 Å². The molecule has 2 aromatic heterocycles. The van der Waals surface area contributed by atoms with Crippen molar-refractivity contribution in [3.63, 3.8) is 0 Å². The Labute approximate surface area is 229 Å². The van der Waals surface area contributed by atoms with E-state index in [1.54, 1.807) is 12.5 Å². The maximum atomic E-state index is 13.6. The summed E-state index contributed by atoms with van der Waals surface area (Å²) in [7, 11) is 0. The number of carbonyl (C=O) groups is 1. The number of H-pyrrole nitrogens is 1. The number of carbonyl (C=O) groups excluding carboxylic acids is 1. The standard InChI is InChI=1S/C32H36N4O3/c1-2-3-17-36(21-23-10-5-4-6-11-23)30(26-16-18-39-22-26)33-31(37)25-13-9-12-24(19-25)20-29-27-14-7-8-15-28(27)32(38)35-34-29/h4-6,9-13,16,18-19,22,30H,2-3,7-8,14-15,17,20-21H2,1H3,(H,33,37)(H,35,38). The molecule has 1 atom stereocenters. The zero-order chi connectivity index (χ0) is 27.0. The summed E-state index contributed by atoms with van der Waals surface area (Å²) in [5.41, 5.74) is 6.45. The lowest BCUT2D eigenvalue weighted by atomic mass is 9.90. The van der Waals surface area contributed by atoms with E-state index in [0.29, 0.717) is 18.5 Å². The Morgan fingerprint density at radius 3 is 2.62 bits per heavy atom. The van der Waals surface area contributed by atoms with Crippen LogP contribution in [0, 0.1) is 0 Å². The Bertz CT molecular complexity index is 1430. The fraction of sp³-hybridized carbons (Fsp3) is 0.344. The molecule has 1 aliphatic rings. The number of hydrogen-bond donors (Lipinski definition) is 2. The molecule has 1 amide bonds. The van der Waals surface area contributed by atoms with E-state index in [2.05, 4.69) is 39.5 Å². The molecular weight excluding hydrogens is 488 g/mol. The number of benzene rings is 2. The van der Waals surface area contributed by atoms with Gasteiger partial charge in [0.1, 0.15) is 6.17 Å². The molecule has 0 radical (unpaired) electrons. The molecule has 4 aromatic rings. The van der Waals surface area contributed by atoms with Gasteiger partial charge in [0.15, 0.2) is 0 Å². The van der Waals surface area contributed by atoms with Crippen LogP contribution in [-0.2, 0) is 25.8 Å². The van der Waals surface area contributed by atoms with Crippen molar-refractivity contribution in [1.29, 1.82) is 0 Å². The molecule has 0 spiro atoms. The van der Waals surface area contributed by atoms with E-state index < -0.39 is 0 Å². The first-order valence-electron chi connectivity index (χ1n) is 13.9. The maximum absolute atomic E-state index is 13.6. The molecule has 39 heavy (non-hydrogen) atoms. The van der Waals surface area contributed by atoms with Crippen molar-refractivity contribution in [3.05, 3.63) is 123 Å². The minimum Gasteiger partial charge on any atom is -0.472 e. The van der Waals surface area contributed by atoms with Gasteiger partial charge < -0.3 is 9.73 Å². The molecule has 2 N–H and O–H groups in total. The highest BCUT2D eigenvalue weighted by Crippen LogP contribution is 2.24. The summed E-state index contributed by atoms with van der Waals surface area (Å²) in [6.07, 6.45) is 9.45. The minimum absolute atomic E-state index is 0.0741. The Balaban J connectivity index is 1.38. The van der Waals surface area contributed by atoms with Crippen LogP contribution in [0.4, 0.5) is 0 Å². The number of rotatable bonds is 11. The molecular formula is C32H36N4O3. The quantitative estimate of drug-likeness (QED) is 0.251. The van der Waals surface area contributed by atoms with Gasteiger partial charge in [0.2, 0.25) is 0 Å². The lowest BCUT2D eigenvalue weighted by Gasteiger charge is -2.32. The lowest BCUT2D eigenvalue weighted by Crippen LogP contribution is -2.41. The van der Waals surface area contributed by atoms with Crippen LogP contribution in [0.15, 0.2) is 82.4 Å². The number of amides is 1. The Kier molecular flexibility index (Phi) is 8.68. The number of nitrogens with zero attached hydrogens (tertiary/aromatic N) is 2. The molecule has 0 saturated heterocycles. The second-order valence-corrected chi connectivity index (χ2v) is 10.3. The highest BCUT2D eigenvalue weighted by Gasteiger charge is 2.24. The van der Waals surface area contributed by atoms with E-state index >= 15 is 0 Å². The second-order valence-electron chi connectivity index (χ2n) is 10.3. The Morgan fingerprint density at radius 2 is 1.85 bits per heavy atom. The predicted octanol–water partition coefficient (Wildman–Crippen LogP) is 5.56. The molecule has 7 nitrogen and oxygen atoms in total. The highest BCUT2D eigenvalue weighted by molar-refractivity contribution is 5.94. The monoisotopic (exact) mass is 524 g/mol. The second kappa shape index (κ2) is 12.7. The largest absolute Gasteiger partial charge is 0.472 e. The van der Waals surface area contributed by atoms with Crippen LogP contribution in [0.25, 0.3) is 0 Å². The number of hydrogen-bond acceptors (Lipinski definition) is 5. The van der Waals surface area contributed by atoms with Gasteiger partial charge in [0.05, 0.1) is 18.2 Å². The van der Waals surface area contributed by atoms with Crippen molar-refractivity contribution in [3.8, 4) is 0 Å². The van der Waals surface area contributed by atoms with E-state index in [9.17, 15) is 9.59 Å². The zero-order valence-corrected chi connectivity index (χ0v) is 22.5. The molecule has 5 rings (SSSR count). The molecule has 2 aromatic carbocycles. The third-order valence-corrected chi connectivity index (χ3v) is 7.46. The maximum Gasteiger partial charge on any atom is 0.267 e. The van der Waals surface area contributed by atoms with E-state index in [1.807, 2.05) is 48.5 Å². The van der Waals surface area contributed by atoms with E-state index in [0.717, 1.165) is 73.0 Å². The van der Waals surface area contributed by atoms with Crippen LogP contribution >= 0.6 is 0 Å². The fourth-order valence-electron chi connectivity index (χ4n) is 5.39. The van der Waals surface area contributed by atoms with Crippen LogP contribution in [0.5, 0.6) is 0 Å². The van der Waals surface area contributed by atoms with Crippen molar-refractivity contribution in [2.24, 2.45) is 0 Å². The molecule has 1 aliphatic carbocycles. The van der Waals surface area contributed by atoms with Gasteiger partial charge in [-0.25, -0.2) is 5.10 Å². The summed E-state index contributed by atoms with van der Waals surface area (Å²) in [6.45, 7) is 3.72. The minimum atomic E-state index is -0.334. The summed E-state index contributed by atoms with van der Waals surface area (Å²) in [5, 5.41) is 10.3. The summed E-state index contributed by atoms with van der Waals surface area (Å²) in [5.74, 6) is -0.144. The summed E-state index contributed by atoms with van der Waals surface area (Å²) >= 11 is 0. The van der Waals surface area contributed by atoms with Crippen molar-refractivity contribution in [1.82, 2.24) is 20.4 Å². The first-order valence-corrected chi connectivity index (χ1v) is 13.9. The number of fused-ring (bicyclic) bond motifs is 1. The van der Waals surface area contributed by atoms with Crippen LogP contribution in [0.2, 0.25) is 0 Å². The molecule has 7 heteroatoms. The van der Waals surface area contributed by atoms with Gasteiger partial charge in [-0.15, -0.1) is 0 Å². The van der Waals surface area contributed by atoms with Crippen LogP contribution < -0.4 is 10.9 Å². The van der Waals surface area contributed by atoms with E-state index in [4.69, 9.17) is 4.42 Å². The Hall–Kier alpha value is -3.97. The average Bonchev–Trinajstić information content (AvgIpc) is 3.51. The van der Waals surface area contributed by atoms with Crippen LogP contribution in [0.1, 0.15) is 82.6 Å². The van der Waals surface area contributed by atoms with Gasteiger partial charge in [-0.2, -0.15) is 5.10 Å². The van der Waals surface area contributed by atoms with Gasteiger partial charge in [0, 0.05) is 36.2 Å². The first kappa shape index (κ1) is 26.6. The first-order chi connectivity index (χ1) is 19.1. The molecule has 0 fully saturated rings. The third-order valence-electron chi connectivity index (χ3n) is 7.46. The third kappa shape index (κ3) is 6.55. The van der Waals surface area contributed by atoms with Gasteiger partial charge >= 0.3 is 0 Å². The van der Waals surface area contributed by atoms with Crippen molar-refractivity contribution >= 4 is 5.91 Å². The zero-order valence-electron chi connectivity index (χ0n) is 22.5. The normalized spacial score (nSPS) is 13.7. The van der Waals surface area contributed by atoms with Gasteiger partial charge in [-0.05, 0) is 67.0 Å². The number of aromatic amines is 1. The van der Waals surface area contributed by atoms with Crippen LogP contribution in [0.3, 0.4) is 0 Å². The summed E-state index contributed by atoms with van der Waals surface area (Å²) < 4.78 is 5.42. The average molecular weight is 525 g/mol. The number of aromatic nitrogens is 2. The lowest BCUT2D eigenvalue weighted by molar-refractivity contribution is 0.0830. The van der Waals surface area contributed by atoms with Crippen molar-refractivity contribution in [2.45, 2.75) is 64.6 Å². The summed E-state index contributed by atoms with van der Waals surface area (Å²) in [4.78, 5) is 28.2. The van der Waals surface area contributed by atoms with Gasteiger partial charge in [-0.1, -0.05) is 55.8 Å². The van der Waals surface area contributed by atoms with Crippen molar-refractivity contribution < 1.29 is 9.21 Å². The molecule has 0 bridgehead atoms. The number of nitrogens with one attached hydrogen (secondary N) is 2. The molecule has 0 aliphatic heterocycles. The van der Waals surface area contributed by atoms with Gasteiger partial charge in [-0.3, -0.25) is 14.5 Å². The summed E-state index contributed by atoms with van der Waals surface area (Å²) in [6, 6.07) is 19.9. The smallest absolute Gasteiger partial charge is 0.267 e. The van der Waals surface area contributed by atoms with Crippen LogP contribution in [-0.4, -0.2) is 27.5 Å². The predicted molar refractivity (Wildman–Crippen MR) is 151 cm³/mol. The Morgan fingerprint density at radius 1 is 1.05 bits per heavy atom.